The molecule has 190 valence electrons. The van der Waals surface area contributed by atoms with E-state index in [1.54, 1.807) is 13.1 Å². The van der Waals surface area contributed by atoms with E-state index in [2.05, 4.69) is 11.9 Å². The highest BCUT2D eigenvalue weighted by molar-refractivity contribution is 5.87. The van der Waals surface area contributed by atoms with Gasteiger partial charge in [-0.2, -0.15) is 0 Å². The molecular formula is C27H42N2O5. The SMILES string of the molecule is C/C(=C\c1nccn1C)[C@@H]1C[C@@H]2O[C@]2(C)CCC[C@H](C)[C@H](O)[C@@H](C)C(=O)C(C)(C)CCC(=O)O1. The quantitative estimate of drug-likeness (QED) is 0.502. The van der Waals surface area contributed by atoms with Crippen molar-refractivity contribution in [3.05, 3.63) is 23.8 Å². The molecular weight excluding hydrogens is 432 g/mol. The summed E-state index contributed by atoms with van der Waals surface area (Å²) in [5, 5.41) is 10.8. The normalized spacial score (nSPS) is 36.0. The number of aliphatic hydroxyl groups is 1. The third-order valence-electron chi connectivity index (χ3n) is 7.92. The van der Waals surface area contributed by atoms with Crippen molar-refractivity contribution in [2.24, 2.45) is 24.3 Å². The minimum absolute atomic E-state index is 0.00768. The Kier molecular flexibility index (Phi) is 8.08. The summed E-state index contributed by atoms with van der Waals surface area (Å²) < 4.78 is 14.0. The van der Waals surface area contributed by atoms with Crippen LogP contribution in [0.3, 0.4) is 0 Å². The number of Topliss-reactive ketones (excluding diaryl/α,β-unsaturated/α-hetero) is 1. The summed E-state index contributed by atoms with van der Waals surface area (Å²) in [6.07, 6.45) is 8.19. The number of aliphatic hydroxyl groups excluding tert-OH is 1. The molecule has 0 aromatic carbocycles. The number of carbonyl (C=O) groups excluding carboxylic acids is 2. The number of aromatic nitrogens is 2. The first-order valence-electron chi connectivity index (χ1n) is 12.6. The zero-order valence-corrected chi connectivity index (χ0v) is 21.8. The van der Waals surface area contributed by atoms with E-state index < -0.39 is 23.5 Å². The van der Waals surface area contributed by atoms with Crippen LogP contribution in [0, 0.1) is 17.3 Å². The number of esters is 1. The molecule has 3 heterocycles. The predicted octanol–water partition coefficient (Wildman–Crippen LogP) is 4.48. The smallest absolute Gasteiger partial charge is 0.306 e. The third-order valence-corrected chi connectivity index (χ3v) is 7.92. The monoisotopic (exact) mass is 474 g/mol. The molecule has 1 aromatic rings. The molecule has 0 saturated carbocycles. The van der Waals surface area contributed by atoms with Gasteiger partial charge in [0.2, 0.25) is 0 Å². The van der Waals surface area contributed by atoms with Gasteiger partial charge in [0.25, 0.3) is 0 Å². The van der Waals surface area contributed by atoms with Crippen LogP contribution in [0.15, 0.2) is 18.0 Å². The van der Waals surface area contributed by atoms with Crippen LogP contribution in [0.25, 0.3) is 6.08 Å². The Morgan fingerprint density at radius 3 is 2.59 bits per heavy atom. The summed E-state index contributed by atoms with van der Waals surface area (Å²) in [4.78, 5) is 30.4. The maximum atomic E-state index is 13.2. The first-order valence-corrected chi connectivity index (χ1v) is 12.6. The largest absolute Gasteiger partial charge is 0.458 e. The van der Waals surface area contributed by atoms with Crippen LogP contribution in [0.1, 0.15) is 85.9 Å². The molecule has 0 radical (unpaired) electrons. The lowest BCUT2D eigenvalue weighted by molar-refractivity contribution is -0.149. The second-order valence-electron chi connectivity index (χ2n) is 11.3. The molecule has 1 N–H and O–H groups in total. The number of ketones is 1. The standard InChI is InChI=1S/C27H42N2O5/c1-17-9-8-11-27(6)21(34-27)16-20(18(2)15-22-28-13-14-29(22)7)33-23(30)10-12-26(4,5)25(32)19(3)24(17)31/h13-15,17,19-21,24,31H,8-12,16H2,1-7H3/b18-15+/t17-,19+,20-,21-,24-,27+/m0/s1. The number of fused-ring (bicyclic) bond motifs is 1. The summed E-state index contributed by atoms with van der Waals surface area (Å²) in [5.41, 5.74) is -0.0524. The van der Waals surface area contributed by atoms with Gasteiger partial charge in [0.15, 0.2) is 0 Å². The lowest BCUT2D eigenvalue weighted by atomic mass is 9.74. The van der Waals surface area contributed by atoms with E-state index >= 15 is 0 Å². The average Bonchev–Trinajstić information content (AvgIpc) is 3.23. The van der Waals surface area contributed by atoms with Crippen molar-refractivity contribution in [3.63, 3.8) is 0 Å². The van der Waals surface area contributed by atoms with E-state index in [0.717, 1.165) is 30.7 Å². The highest BCUT2D eigenvalue weighted by atomic mass is 16.6. The molecule has 7 nitrogen and oxygen atoms in total. The van der Waals surface area contributed by atoms with Crippen molar-refractivity contribution in [2.75, 3.05) is 0 Å². The lowest BCUT2D eigenvalue weighted by Crippen LogP contribution is -2.39. The number of aryl methyl sites for hydroxylation is 1. The number of carbonyl (C=O) groups is 2. The molecule has 0 amide bonds. The van der Waals surface area contributed by atoms with Crippen molar-refractivity contribution in [2.45, 2.75) is 104 Å². The molecule has 2 saturated heterocycles. The van der Waals surface area contributed by atoms with Gasteiger partial charge in [-0.15, -0.1) is 0 Å². The van der Waals surface area contributed by atoms with Gasteiger partial charge in [0.1, 0.15) is 17.7 Å². The van der Waals surface area contributed by atoms with Crippen LogP contribution in [0.5, 0.6) is 0 Å². The van der Waals surface area contributed by atoms with Crippen molar-refractivity contribution in [3.8, 4) is 0 Å². The number of hydrogen-bond donors (Lipinski definition) is 1. The number of ether oxygens (including phenoxy) is 2. The van der Waals surface area contributed by atoms with E-state index in [-0.39, 0.29) is 35.8 Å². The molecule has 1 aromatic heterocycles. The van der Waals surface area contributed by atoms with Crippen LogP contribution in [-0.4, -0.2) is 50.3 Å². The van der Waals surface area contributed by atoms with Crippen molar-refractivity contribution < 1.29 is 24.2 Å². The Hall–Kier alpha value is -1.99. The van der Waals surface area contributed by atoms with Gasteiger partial charge in [-0.25, -0.2) is 4.98 Å². The summed E-state index contributed by atoms with van der Waals surface area (Å²) in [5.74, 6) is 0.00361. The maximum absolute atomic E-state index is 13.2. The van der Waals surface area contributed by atoms with Gasteiger partial charge in [-0.05, 0) is 50.7 Å². The van der Waals surface area contributed by atoms with Crippen molar-refractivity contribution >= 4 is 17.8 Å². The summed E-state index contributed by atoms with van der Waals surface area (Å²) in [6, 6.07) is 0. The minimum Gasteiger partial charge on any atom is -0.458 e. The van der Waals surface area contributed by atoms with E-state index in [4.69, 9.17) is 9.47 Å². The minimum atomic E-state index is -0.721. The van der Waals surface area contributed by atoms with E-state index in [0.29, 0.717) is 12.8 Å². The molecule has 7 heteroatoms. The van der Waals surface area contributed by atoms with E-state index in [9.17, 15) is 14.7 Å². The van der Waals surface area contributed by atoms with Crippen LogP contribution in [-0.2, 0) is 26.1 Å². The van der Waals surface area contributed by atoms with E-state index in [1.165, 1.54) is 0 Å². The Morgan fingerprint density at radius 1 is 1.24 bits per heavy atom. The molecule has 0 spiro atoms. The van der Waals surface area contributed by atoms with Crippen LogP contribution in [0.2, 0.25) is 0 Å². The molecule has 0 unspecified atom stereocenters. The fourth-order valence-corrected chi connectivity index (χ4v) is 5.11. The van der Waals surface area contributed by atoms with Gasteiger partial charge < -0.3 is 19.1 Å². The van der Waals surface area contributed by atoms with Gasteiger partial charge in [0.05, 0.1) is 17.8 Å². The molecule has 34 heavy (non-hydrogen) atoms. The number of epoxide rings is 1. The van der Waals surface area contributed by atoms with Gasteiger partial charge in [-0.1, -0.05) is 34.1 Å². The summed E-state index contributed by atoms with van der Waals surface area (Å²) in [7, 11) is 1.93. The maximum Gasteiger partial charge on any atom is 0.306 e. The molecule has 0 aliphatic carbocycles. The second-order valence-corrected chi connectivity index (χ2v) is 11.3. The zero-order valence-electron chi connectivity index (χ0n) is 21.8. The van der Waals surface area contributed by atoms with Gasteiger partial charge >= 0.3 is 5.97 Å². The number of imidazole rings is 1. The number of cyclic esters (lactones) is 1. The highest BCUT2D eigenvalue weighted by Gasteiger charge is 2.52. The molecule has 2 aliphatic rings. The Morgan fingerprint density at radius 2 is 1.94 bits per heavy atom. The Balaban J connectivity index is 1.82. The second kappa shape index (κ2) is 10.3. The van der Waals surface area contributed by atoms with Gasteiger partial charge in [-0.3, -0.25) is 9.59 Å². The summed E-state index contributed by atoms with van der Waals surface area (Å²) >= 11 is 0. The number of hydrogen-bond acceptors (Lipinski definition) is 6. The first-order chi connectivity index (χ1) is 15.8. The average molecular weight is 475 g/mol. The molecule has 2 fully saturated rings. The fraction of sp³-hybridized carbons (Fsp3) is 0.741. The van der Waals surface area contributed by atoms with Crippen LogP contribution < -0.4 is 0 Å². The zero-order chi connectivity index (χ0) is 25.3. The molecule has 6 atom stereocenters. The fourth-order valence-electron chi connectivity index (χ4n) is 5.11. The number of rotatable bonds is 2. The summed E-state index contributed by atoms with van der Waals surface area (Å²) in [6.45, 7) is 11.6. The predicted molar refractivity (Wildman–Crippen MR) is 131 cm³/mol. The Labute approximate surface area is 203 Å². The lowest BCUT2D eigenvalue weighted by Gasteiger charge is -2.31. The molecule has 3 rings (SSSR count). The molecule has 2 aliphatic heterocycles. The van der Waals surface area contributed by atoms with Crippen LogP contribution >= 0.6 is 0 Å². The van der Waals surface area contributed by atoms with Crippen LogP contribution in [0.4, 0.5) is 0 Å². The van der Waals surface area contributed by atoms with Crippen molar-refractivity contribution in [1.29, 1.82) is 0 Å². The Bertz CT molecular complexity index is 920. The topological polar surface area (TPSA) is 94.0 Å². The van der Waals surface area contributed by atoms with Crippen molar-refractivity contribution in [1.82, 2.24) is 9.55 Å². The van der Waals surface area contributed by atoms with Gasteiger partial charge in [0, 0.05) is 43.6 Å². The number of nitrogens with zero attached hydrogens (tertiary/aromatic N) is 2. The van der Waals surface area contributed by atoms with E-state index in [1.807, 2.05) is 51.6 Å². The first kappa shape index (κ1) is 26.6. The highest BCUT2D eigenvalue weighted by Crippen LogP contribution is 2.45. The molecule has 0 bridgehead atoms. The third kappa shape index (κ3) is 6.16.